The number of anilines is 1. The first kappa shape index (κ1) is 27.0. The summed E-state index contributed by atoms with van der Waals surface area (Å²) in [6, 6.07) is 22.0. The fourth-order valence-corrected chi connectivity index (χ4v) is 4.47. The number of hydrogen-bond acceptors (Lipinski definition) is 6. The van der Waals surface area contributed by atoms with Crippen molar-refractivity contribution >= 4 is 55.5 Å². The fourth-order valence-electron chi connectivity index (χ4n) is 3.02. The van der Waals surface area contributed by atoms with Gasteiger partial charge in [0.2, 0.25) is 0 Å². The van der Waals surface area contributed by atoms with E-state index in [-0.39, 0.29) is 18.8 Å². The van der Waals surface area contributed by atoms with E-state index in [2.05, 4.69) is 37.2 Å². The van der Waals surface area contributed by atoms with Crippen LogP contribution in [0, 0.1) is 11.3 Å². The molecule has 0 atom stereocenters. The van der Waals surface area contributed by atoms with Gasteiger partial charge in [-0.2, -0.15) is 5.26 Å². The molecule has 0 aromatic heterocycles. The lowest BCUT2D eigenvalue weighted by atomic mass is 10.1. The number of halogens is 2. The van der Waals surface area contributed by atoms with Crippen LogP contribution in [-0.2, 0) is 20.9 Å². The van der Waals surface area contributed by atoms with Gasteiger partial charge >= 0.3 is 5.97 Å². The Morgan fingerprint density at radius 1 is 1.00 bits per heavy atom. The monoisotopic (exact) mass is 612 g/mol. The van der Waals surface area contributed by atoms with Crippen molar-refractivity contribution in [2.24, 2.45) is 0 Å². The maximum atomic E-state index is 12.7. The first-order chi connectivity index (χ1) is 17.4. The number of nitrogens with zero attached hydrogens (tertiary/aromatic N) is 1. The van der Waals surface area contributed by atoms with Crippen molar-refractivity contribution in [1.29, 1.82) is 5.26 Å². The summed E-state index contributed by atoms with van der Waals surface area (Å²) in [4.78, 5) is 24.2. The second-order valence-electron chi connectivity index (χ2n) is 7.33. The molecule has 3 rings (SSSR count). The molecule has 3 aromatic rings. The summed E-state index contributed by atoms with van der Waals surface area (Å²) in [5, 5.41) is 12.3. The average Bonchev–Trinajstić information content (AvgIpc) is 2.87. The molecule has 0 saturated carbocycles. The van der Waals surface area contributed by atoms with Crippen molar-refractivity contribution in [1.82, 2.24) is 0 Å². The fraction of sp³-hybridized carbons (Fsp3) is 0.148. The van der Waals surface area contributed by atoms with Crippen LogP contribution in [0.4, 0.5) is 5.69 Å². The number of ether oxygens (including phenoxy) is 3. The van der Waals surface area contributed by atoms with Crippen molar-refractivity contribution in [3.63, 3.8) is 0 Å². The van der Waals surface area contributed by atoms with Gasteiger partial charge < -0.3 is 19.5 Å². The van der Waals surface area contributed by atoms with Crippen LogP contribution >= 0.6 is 31.9 Å². The second kappa shape index (κ2) is 13.5. The summed E-state index contributed by atoms with van der Waals surface area (Å²) in [5.74, 6) is 0.0236. The summed E-state index contributed by atoms with van der Waals surface area (Å²) < 4.78 is 17.2. The topological polar surface area (TPSA) is 97.7 Å². The standard InChI is InChI=1S/C27H22Br2N2O5/c1-2-34-25(32)17-36-26-23(28)13-19(14-24(26)29)12-20(15-30)27(33)31-21-8-10-22(11-9-21)35-16-18-6-4-3-5-7-18/h3-14H,2,16-17H2,1H3,(H,31,33)/b20-12+. The van der Waals surface area contributed by atoms with Crippen molar-refractivity contribution < 1.29 is 23.8 Å². The Morgan fingerprint density at radius 3 is 2.28 bits per heavy atom. The third-order valence-electron chi connectivity index (χ3n) is 4.70. The largest absolute Gasteiger partial charge is 0.489 e. The molecule has 0 saturated heterocycles. The first-order valence-electron chi connectivity index (χ1n) is 10.9. The number of rotatable bonds is 10. The summed E-state index contributed by atoms with van der Waals surface area (Å²) in [6.07, 6.45) is 1.46. The van der Waals surface area contributed by atoms with E-state index in [1.165, 1.54) is 6.08 Å². The summed E-state index contributed by atoms with van der Waals surface area (Å²) >= 11 is 6.78. The lowest BCUT2D eigenvalue weighted by molar-refractivity contribution is -0.145. The third kappa shape index (κ3) is 7.97. The van der Waals surface area contributed by atoms with Crippen molar-refractivity contribution in [3.8, 4) is 17.6 Å². The van der Waals surface area contributed by atoms with E-state index in [1.807, 2.05) is 36.4 Å². The van der Waals surface area contributed by atoms with E-state index in [0.29, 0.717) is 38.3 Å². The minimum Gasteiger partial charge on any atom is -0.489 e. The van der Waals surface area contributed by atoms with Gasteiger partial charge in [0.15, 0.2) is 6.61 Å². The van der Waals surface area contributed by atoms with E-state index in [1.54, 1.807) is 43.3 Å². The molecule has 1 N–H and O–H groups in total. The molecule has 0 radical (unpaired) electrons. The zero-order valence-electron chi connectivity index (χ0n) is 19.3. The number of esters is 1. The second-order valence-corrected chi connectivity index (χ2v) is 9.04. The number of nitriles is 1. The van der Waals surface area contributed by atoms with Crippen LogP contribution in [0.25, 0.3) is 6.08 Å². The minimum absolute atomic E-state index is 0.0848. The zero-order chi connectivity index (χ0) is 25.9. The molecule has 36 heavy (non-hydrogen) atoms. The molecule has 0 aliphatic heterocycles. The van der Waals surface area contributed by atoms with Gasteiger partial charge in [-0.1, -0.05) is 30.3 Å². The molecular weight excluding hydrogens is 592 g/mol. The average molecular weight is 614 g/mol. The Morgan fingerprint density at radius 2 is 1.67 bits per heavy atom. The highest BCUT2D eigenvalue weighted by molar-refractivity contribution is 9.11. The molecule has 0 heterocycles. The van der Waals surface area contributed by atoms with Gasteiger partial charge in [-0.25, -0.2) is 4.79 Å². The normalized spacial score (nSPS) is 10.8. The maximum Gasteiger partial charge on any atom is 0.344 e. The van der Waals surface area contributed by atoms with Crippen molar-refractivity contribution in [3.05, 3.63) is 92.4 Å². The predicted octanol–water partition coefficient (Wildman–Crippen LogP) is 6.28. The predicted molar refractivity (Wildman–Crippen MR) is 143 cm³/mol. The Kier molecular flexibility index (Phi) is 10.1. The SMILES string of the molecule is CCOC(=O)COc1c(Br)cc(/C=C(\C#N)C(=O)Nc2ccc(OCc3ccccc3)cc2)cc1Br. The lowest BCUT2D eigenvalue weighted by Crippen LogP contribution is -2.15. The van der Waals surface area contributed by atoms with Crippen LogP contribution < -0.4 is 14.8 Å². The Hall–Kier alpha value is -3.61. The number of benzene rings is 3. The number of nitrogens with one attached hydrogen (secondary N) is 1. The number of hydrogen-bond donors (Lipinski definition) is 1. The molecule has 1 amide bonds. The van der Waals surface area contributed by atoms with Crippen LogP contribution in [0.3, 0.4) is 0 Å². The van der Waals surface area contributed by atoms with Crippen LogP contribution in [-0.4, -0.2) is 25.1 Å². The van der Waals surface area contributed by atoms with E-state index < -0.39 is 11.9 Å². The Labute approximate surface area is 225 Å². The van der Waals surface area contributed by atoms with E-state index >= 15 is 0 Å². The molecule has 0 spiro atoms. The Bertz CT molecular complexity index is 1260. The maximum absolute atomic E-state index is 12.7. The van der Waals surface area contributed by atoms with Gasteiger partial charge in [0.05, 0.1) is 15.6 Å². The summed E-state index contributed by atoms with van der Waals surface area (Å²) in [7, 11) is 0. The van der Waals surface area contributed by atoms with Gasteiger partial charge in [0, 0.05) is 5.69 Å². The molecule has 184 valence electrons. The summed E-state index contributed by atoms with van der Waals surface area (Å²) in [5.41, 5.74) is 2.07. The molecule has 0 aliphatic rings. The molecule has 0 aliphatic carbocycles. The molecule has 0 unspecified atom stereocenters. The molecular formula is C27H22Br2N2O5. The Balaban J connectivity index is 1.64. The third-order valence-corrected chi connectivity index (χ3v) is 5.87. The molecule has 0 fully saturated rings. The van der Waals surface area contributed by atoms with Gasteiger partial charge in [-0.05, 0) is 92.4 Å². The quantitative estimate of drug-likeness (QED) is 0.164. The zero-order valence-corrected chi connectivity index (χ0v) is 22.5. The van der Waals surface area contributed by atoms with Crippen LogP contribution in [0.1, 0.15) is 18.1 Å². The number of amides is 1. The van der Waals surface area contributed by atoms with Gasteiger partial charge in [0.25, 0.3) is 5.91 Å². The number of carbonyl (C=O) groups excluding carboxylic acids is 2. The van der Waals surface area contributed by atoms with Gasteiger partial charge in [-0.3, -0.25) is 4.79 Å². The van der Waals surface area contributed by atoms with Gasteiger partial charge in [0.1, 0.15) is 29.7 Å². The highest BCUT2D eigenvalue weighted by atomic mass is 79.9. The van der Waals surface area contributed by atoms with Crippen LogP contribution in [0.2, 0.25) is 0 Å². The number of carbonyl (C=O) groups is 2. The minimum atomic E-state index is -0.551. The van der Waals surface area contributed by atoms with Crippen LogP contribution in [0.15, 0.2) is 81.2 Å². The first-order valence-corrected chi connectivity index (χ1v) is 12.5. The van der Waals surface area contributed by atoms with Crippen molar-refractivity contribution in [2.45, 2.75) is 13.5 Å². The van der Waals surface area contributed by atoms with E-state index in [0.717, 1.165) is 5.56 Å². The molecule has 0 bridgehead atoms. The molecule has 3 aromatic carbocycles. The highest BCUT2D eigenvalue weighted by Gasteiger charge is 2.14. The van der Waals surface area contributed by atoms with Crippen LogP contribution in [0.5, 0.6) is 11.5 Å². The summed E-state index contributed by atoms with van der Waals surface area (Å²) in [6.45, 7) is 2.16. The van der Waals surface area contributed by atoms with Gasteiger partial charge in [-0.15, -0.1) is 0 Å². The van der Waals surface area contributed by atoms with E-state index in [9.17, 15) is 14.9 Å². The van der Waals surface area contributed by atoms with E-state index in [4.69, 9.17) is 14.2 Å². The molecule has 7 nitrogen and oxygen atoms in total. The molecule has 9 heteroatoms. The van der Waals surface area contributed by atoms with Crippen molar-refractivity contribution in [2.75, 3.05) is 18.5 Å². The lowest BCUT2D eigenvalue weighted by Gasteiger charge is -2.11. The smallest absolute Gasteiger partial charge is 0.344 e. The highest BCUT2D eigenvalue weighted by Crippen LogP contribution is 2.35.